The molecule has 0 saturated carbocycles. The van der Waals surface area contributed by atoms with Crippen molar-refractivity contribution in [1.82, 2.24) is 25.9 Å². The zero-order valence-corrected chi connectivity index (χ0v) is 18.8. The summed E-state index contributed by atoms with van der Waals surface area (Å²) >= 11 is 7.90. The van der Waals surface area contributed by atoms with Gasteiger partial charge in [0.15, 0.2) is 0 Å². The average molecular weight is 490 g/mol. The lowest BCUT2D eigenvalue weighted by molar-refractivity contribution is -0.141. The number of amides is 4. The first-order valence-electron chi connectivity index (χ1n) is 9.45. The number of H-pyrrole nitrogens is 1. The van der Waals surface area contributed by atoms with Crippen LogP contribution in [0.25, 0.3) is 0 Å². The first-order valence-corrected chi connectivity index (χ1v) is 10.7. The monoisotopic (exact) mass is 489 g/mol. The van der Waals surface area contributed by atoms with E-state index in [1.54, 1.807) is 0 Å². The zero-order valence-electron chi connectivity index (χ0n) is 17.0. The maximum atomic E-state index is 12.8. The molecule has 4 amide bonds. The number of nitrogens with one attached hydrogen (secondary N) is 4. The Kier molecular flexibility index (Phi) is 11.6. The van der Waals surface area contributed by atoms with Gasteiger partial charge in [0, 0.05) is 36.2 Å². The van der Waals surface area contributed by atoms with Crippen molar-refractivity contribution >= 4 is 54.9 Å². The van der Waals surface area contributed by atoms with Gasteiger partial charge in [0.2, 0.25) is 23.6 Å². The molecule has 9 N–H and O–H groups in total. The first kappa shape index (κ1) is 27.3. The Morgan fingerprint density at radius 1 is 1.00 bits per heavy atom. The molecule has 0 aliphatic rings. The number of aromatic amines is 1. The Bertz CT molecular complexity index is 807. The highest BCUT2D eigenvalue weighted by molar-refractivity contribution is 7.80. The lowest BCUT2D eigenvalue weighted by Crippen LogP contribution is -2.58. The molecule has 4 unspecified atom stereocenters. The topological polar surface area (TPSA) is 222 Å². The molecular formula is C17H27N7O6S2. The van der Waals surface area contributed by atoms with E-state index in [1.165, 1.54) is 12.5 Å². The number of thiol groups is 2. The predicted octanol–water partition coefficient (Wildman–Crippen LogP) is -3.06. The lowest BCUT2D eigenvalue weighted by Gasteiger charge is -2.24. The Labute approximate surface area is 194 Å². The second-order valence-corrected chi connectivity index (χ2v) is 7.51. The van der Waals surface area contributed by atoms with Crippen LogP contribution in [0, 0.1) is 0 Å². The number of rotatable bonds is 14. The summed E-state index contributed by atoms with van der Waals surface area (Å²) in [7, 11) is 0. The van der Waals surface area contributed by atoms with Gasteiger partial charge < -0.3 is 37.5 Å². The van der Waals surface area contributed by atoms with Crippen molar-refractivity contribution in [3.05, 3.63) is 18.2 Å². The molecule has 178 valence electrons. The van der Waals surface area contributed by atoms with Gasteiger partial charge in [-0.1, -0.05) is 0 Å². The quantitative estimate of drug-likeness (QED) is 0.122. The Morgan fingerprint density at radius 3 is 2.06 bits per heavy atom. The van der Waals surface area contributed by atoms with Gasteiger partial charge in [-0.2, -0.15) is 25.3 Å². The third kappa shape index (κ3) is 9.15. The van der Waals surface area contributed by atoms with E-state index >= 15 is 0 Å². The fraction of sp³-hybridized carbons (Fsp3) is 0.529. The number of carbonyl (C=O) groups excluding carboxylic acids is 4. The van der Waals surface area contributed by atoms with E-state index < -0.39 is 53.8 Å². The fourth-order valence-electron chi connectivity index (χ4n) is 2.46. The van der Waals surface area contributed by atoms with Crippen molar-refractivity contribution in [3.63, 3.8) is 0 Å². The molecule has 1 rings (SSSR count). The van der Waals surface area contributed by atoms with E-state index in [0.717, 1.165) is 0 Å². The number of carboxylic acids is 1. The smallest absolute Gasteiger partial charge is 0.327 e. The van der Waals surface area contributed by atoms with E-state index in [1.807, 2.05) is 0 Å². The summed E-state index contributed by atoms with van der Waals surface area (Å²) in [6.07, 6.45) is 2.71. The lowest BCUT2D eigenvalue weighted by atomic mass is 10.1. The average Bonchev–Trinajstić information content (AvgIpc) is 3.25. The summed E-state index contributed by atoms with van der Waals surface area (Å²) < 4.78 is 0. The number of nitrogens with two attached hydrogens (primary N) is 2. The number of aromatic nitrogens is 2. The first-order chi connectivity index (χ1) is 15.1. The summed E-state index contributed by atoms with van der Waals surface area (Å²) in [4.78, 5) is 66.2. The highest BCUT2D eigenvalue weighted by Crippen LogP contribution is 2.03. The second-order valence-electron chi connectivity index (χ2n) is 6.78. The minimum Gasteiger partial charge on any atom is -0.480 e. The van der Waals surface area contributed by atoms with Crippen LogP contribution in [0.3, 0.4) is 0 Å². The minimum absolute atomic E-state index is 0.00455. The molecule has 13 nitrogen and oxygen atoms in total. The maximum Gasteiger partial charge on any atom is 0.327 e. The number of carboxylic acid groups (broad SMARTS) is 1. The van der Waals surface area contributed by atoms with Crippen molar-refractivity contribution in [2.75, 3.05) is 11.5 Å². The fourth-order valence-corrected chi connectivity index (χ4v) is 2.96. The standard InChI is InChI=1S/C17H27N7O6S2/c18-9(1-2-13(19)25)14(26)22-10(3-8-4-20-7-21-8)15(27)23-11(5-31)16(28)24-12(6-32)17(29)30/h4,7,9-12,31-32H,1-3,5-6,18H2,(H2,19,25)(H,20,21)(H,22,26)(H,23,27)(H,24,28)(H,29,30). The third-order valence-electron chi connectivity index (χ3n) is 4.26. The molecule has 0 aliphatic carbocycles. The van der Waals surface area contributed by atoms with Crippen molar-refractivity contribution in [2.24, 2.45) is 11.5 Å². The van der Waals surface area contributed by atoms with Crippen LogP contribution in [-0.2, 0) is 30.4 Å². The Hall–Kier alpha value is -2.78. The molecule has 0 radical (unpaired) electrons. The van der Waals surface area contributed by atoms with E-state index in [9.17, 15) is 24.0 Å². The van der Waals surface area contributed by atoms with E-state index in [-0.39, 0.29) is 30.8 Å². The van der Waals surface area contributed by atoms with Crippen molar-refractivity contribution in [3.8, 4) is 0 Å². The van der Waals surface area contributed by atoms with E-state index in [4.69, 9.17) is 16.6 Å². The molecule has 0 fully saturated rings. The Morgan fingerprint density at radius 2 is 1.56 bits per heavy atom. The summed E-state index contributed by atoms with van der Waals surface area (Å²) in [5.41, 5.74) is 11.3. The van der Waals surface area contributed by atoms with Gasteiger partial charge in [-0.05, 0) is 6.42 Å². The van der Waals surface area contributed by atoms with E-state index in [2.05, 4.69) is 51.2 Å². The minimum atomic E-state index is -1.29. The zero-order chi connectivity index (χ0) is 24.3. The molecular weight excluding hydrogens is 462 g/mol. The van der Waals surface area contributed by atoms with Crippen LogP contribution in [0.4, 0.5) is 0 Å². The SMILES string of the molecule is NC(=O)CCC(N)C(=O)NC(Cc1cnc[nH]1)C(=O)NC(CS)C(=O)NC(CS)C(=O)O. The number of hydrogen-bond donors (Lipinski definition) is 9. The van der Waals surface area contributed by atoms with Crippen molar-refractivity contribution in [2.45, 2.75) is 43.4 Å². The van der Waals surface area contributed by atoms with Crippen molar-refractivity contribution < 1.29 is 29.1 Å². The normalized spacial score (nSPS) is 14.5. The number of aliphatic carboxylic acids is 1. The van der Waals surface area contributed by atoms with Gasteiger partial charge >= 0.3 is 5.97 Å². The molecule has 0 saturated heterocycles. The Balaban J connectivity index is 2.89. The van der Waals surface area contributed by atoms with Crippen LogP contribution >= 0.6 is 25.3 Å². The van der Waals surface area contributed by atoms with Crippen LogP contribution in [0.2, 0.25) is 0 Å². The second kappa shape index (κ2) is 13.6. The molecule has 1 aromatic heterocycles. The third-order valence-corrected chi connectivity index (χ3v) is 4.99. The summed E-state index contributed by atoms with van der Waals surface area (Å²) in [6, 6.07) is -4.68. The van der Waals surface area contributed by atoms with Crippen LogP contribution in [-0.4, -0.2) is 80.3 Å². The molecule has 1 heterocycles. The summed E-state index contributed by atoms with van der Waals surface area (Å²) in [5, 5.41) is 16.2. The number of carbonyl (C=O) groups is 5. The predicted molar refractivity (Wildman–Crippen MR) is 120 cm³/mol. The summed E-state index contributed by atoms with van der Waals surface area (Å²) in [6.45, 7) is 0. The molecule has 4 atom stereocenters. The molecule has 32 heavy (non-hydrogen) atoms. The number of imidazole rings is 1. The molecule has 0 spiro atoms. The van der Waals surface area contributed by atoms with Gasteiger partial charge in [-0.3, -0.25) is 19.2 Å². The van der Waals surface area contributed by atoms with Gasteiger partial charge in [-0.15, -0.1) is 0 Å². The van der Waals surface area contributed by atoms with Gasteiger partial charge in [-0.25, -0.2) is 9.78 Å². The molecule has 0 aliphatic heterocycles. The molecule has 1 aromatic rings. The molecule has 0 bridgehead atoms. The van der Waals surface area contributed by atoms with E-state index in [0.29, 0.717) is 5.69 Å². The highest BCUT2D eigenvalue weighted by Gasteiger charge is 2.29. The number of hydrogen-bond acceptors (Lipinski definition) is 9. The highest BCUT2D eigenvalue weighted by atomic mass is 32.1. The van der Waals surface area contributed by atoms with Crippen molar-refractivity contribution in [1.29, 1.82) is 0 Å². The van der Waals surface area contributed by atoms with Gasteiger partial charge in [0.05, 0.1) is 12.4 Å². The molecule has 0 aromatic carbocycles. The largest absolute Gasteiger partial charge is 0.480 e. The van der Waals surface area contributed by atoms with Gasteiger partial charge in [0.25, 0.3) is 0 Å². The van der Waals surface area contributed by atoms with Crippen LogP contribution < -0.4 is 27.4 Å². The van der Waals surface area contributed by atoms with Gasteiger partial charge in [0.1, 0.15) is 18.1 Å². The van der Waals surface area contributed by atoms with Crippen LogP contribution in [0.5, 0.6) is 0 Å². The number of nitrogens with zero attached hydrogens (tertiary/aromatic N) is 1. The maximum absolute atomic E-state index is 12.8. The summed E-state index contributed by atoms with van der Waals surface area (Å²) in [5.74, 6) is -4.41. The molecule has 15 heteroatoms. The van der Waals surface area contributed by atoms with Crippen LogP contribution in [0.15, 0.2) is 12.5 Å². The van der Waals surface area contributed by atoms with Crippen LogP contribution in [0.1, 0.15) is 18.5 Å². The number of primary amides is 1.